The number of benzene rings is 1. The Morgan fingerprint density at radius 1 is 1.05 bits per heavy atom. The molecule has 0 bridgehead atoms. The SMILES string of the molecule is CNc1nc(Cl)nc(Nc2ccccc2C(F)(F)F)n1. The van der Waals surface area contributed by atoms with Crippen LogP contribution in [0.15, 0.2) is 24.3 Å². The minimum atomic E-state index is -4.48. The molecule has 0 saturated carbocycles. The molecule has 0 radical (unpaired) electrons. The van der Waals surface area contributed by atoms with Gasteiger partial charge in [-0.05, 0) is 23.7 Å². The molecule has 0 fully saturated rings. The Morgan fingerprint density at radius 3 is 2.35 bits per heavy atom. The molecular weight excluding hydrogens is 295 g/mol. The minimum absolute atomic E-state index is 0.0777. The lowest BCUT2D eigenvalue weighted by atomic mass is 10.1. The minimum Gasteiger partial charge on any atom is -0.357 e. The molecule has 0 atom stereocenters. The van der Waals surface area contributed by atoms with Crippen molar-refractivity contribution in [3.05, 3.63) is 35.1 Å². The third-order valence-corrected chi connectivity index (χ3v) is 2.48. The molecule has 1 aromatic carbocycles. The summed E-state index contributed by atoms with van der Waals surface area (Å²) in [6.07, 6.45) is -4.48. The van der Waals surface area contributed by atoms with E-state index < -0.39 is 11.7 Å². The fourth-order valence-electron chi connectivity index (χ4n) is 1.48. The molecule has 2 aromatic rings. The quantitative estimate of drug-likeness (QED) is 0.910. The van der Waals surface area contributed by atoms with Gasteiger partial charge in [0.15, 0.2) is 0 Å². The molecule has 2 rings (SSSR count). The molecule has 1 heterocycles. The summed E-state index contributed by atoms with van der Waals surface area (Å²) in [6.45, 7) is 0. The van der Waals surface area contributed by atoms with E-state index in [0.29, 0.717) is 0 Å². The van der Waals surface area contributed by atoms with Gasteiger partial charge in [-0.15, -0.1) is 0 Å². The molecule has 9 heteroatoms. The second-order valence-electron chi connectivity index (χ2n) is 3.67. The Balaban J connectivity index is 2.38. The summed E-state index contributed by atoms with van der Waals surface area (Å²) >= 11 is 5.66. The summed E-state index contributed by atoms with van der Waals surface area (Å²) in [5.74, 6) is 0.0723. The lowest BCUT2D eigenvalue weighted by molar-refractivity contribution is -0.136. The molecule has 5 nitrogen and oxygen atoms in total. The van der Waals surface area contributed by atoms with Crippen molar-refractivity contribution in [2.75, 3.05) is 17.7 Å². The number of alkyl halides is 3. The number of hydrogen-bond acceptors (Lipinski definition) is 5. The van der Waals surface area contributed by atoms with E-state index in [-0.39, 0.29) is 22.9 Å². The molecule has 0 aliphatic rings. The molecule has 20 heavy (non-hydrogen) atoms. The van der Waals surface area contributed by atoms with E-state index in [4.69, 9.17) is 11.6 Å². The van der Waals surface area contributed by atoms with Crippen molar-refractivity contribution in [3.8, 4) is 0 Å². The lowest BCUT2D eigenvalue weighted by Gasteiger charge is -2.13. The predicted molar refractivity (Wildman–Crippen MR) is 69.1 cm³/mol. The zero-order valence-electron chi connectivity index (χ0n) is 10.2. The summed E-state index contributed by atoms with van der Waals surface area (Å²) < 4.78 is 38.5. The van der Waals surface area contributed by atoms with Gasteiger partial charge in [0, 0.05) is 7.05 Å². The maximum atomic E-state index is 12.8. The molecular formula is C11H9ClF3N5. The largest absolute Gasteiger partial charge is 0.418 e. The van der Waals surface area contributed by atoms with Gasteiger partial charge in [0.25, 0.3) is 0 Å². The van der Waals surface area contributed by atoms with Gasteiger partial charge in [-0.25, -0.2) is 0 Å². The molecule has 0 aliphatic heterocycles. The van der Waals surface area contributed by atoms with Crippen molar-refractivity contribution in [3.63, 3.8) is 0 Å². The Labute approximate surface area is 117 Å². The van der Waals surface area contributed by atoms with E-state index in [0.717, 1.165) is 6.07 Å². The highest BCUT2D eigenvalue weighted by atomic mass is 35.5. The number of anilines is 3. The first-order valence-corrected chi connectivity index (χ1v) is 5.80. The van der Waals surface area contributed by atoms with Crippen LogP contribution in [0.3, 0.4) is 0 Å². The van der Waals surface area contributed by atoms with Gasteiger partial charge in [-0.1, -0.05) is 12.1 Å². The van der Waals surface area contributed by atoms with Crippen molar-refractivity contribution in [1.29, 1.82) is 0 Å². The third kappa shape index (κ3) is 3.27. The molecule has 0 saturated heterocycles. The predicted octanol–water partition coefficient (Wildman–Crippen LogP) is 3.33. The Hall–Kier alpha value is -2.09. The number of para-hydroxylation sites is 1. The van der Waals surface area contributed by atoms with E-state index in [1.54, 1.807) is 7.05 Å². The van der Waals surface area contributed by atoms with Crippen LogP contribution in [0.2, 0.25) is 5.28 Å². The van der Waals surface area contributed by atoms with Crippen LogP contribution < -0.4 is 10.6 Å². The molecule has 0 unspecified atom stereocenters. The van der Waals surface area contributed by atoms with E-state index in [2.05, 4.69) is 25.6 Å². The van der Waals surface area contributed by atoms with E-state index in [1.807, 2.05) is 0 Å². The van der Waals surface area contributed by atoms with Gasteiger partial charge < -0.3 is 10.6 Å². The van der Waals surface area contributed by atoms with Crippen LogP contribution in [0.5, 0.6) is 0 Å². The Bertz CT molecular complexity index is 617. The van der Waals surface area contributed by atoms with Gasteiger partial charge >= 0.3 is 6.18 Å². The zero-order valence-corrected chi connectivity index (χ0v) is 10.9. The first-order valence-electron chi connectivity index (χ1n) is 5.42. The maximum absolute atomic E-state index is 12.8. The number of aromatic nitrogens is 3. The zero-order chi connectivity index (χ0) is 14.8. The highest BCUT2D eigenvalue weighted by Crippen LogP contribution is 2.35. The number of halogens is 4. The van der Waals surface area contributed by atoms with Crippen molar-refractivity contribution < 1.29 is 13.2 Å². The lowest BCUT2D eigenvalue weighted by Crippen LogP contribution is -2.10. The van der Waals surface area contributed by atoms with Crippen molar-refractivity contribution >= 4 is 29.2 Å². The number of nitrogens with one attached hydrogen (secondary N) is 2. The highest BCUT2D eigenvalue weighted by Gasteiger charge is 2.33. The summed E-state index contributed by atoms with van der Waals surface area (Å²) in [4.78, 5) is 11.3. The highest BCUT2D eigenvalue weighted by molar-refractivity contribution is 6.28. The Kier molecular flexibility index (Phi) is 3.93. The van der Waals surface area contributed by atoms with Crippen LogP contribution in [0.25, 0.3) is 0 Å². The van der Waals surface area contributed by atoms with Crippen LogP contribution in [0, 0.1) is 0 Å². The van der Waals surface area contributed by atoms with Crippen LogP contribution in [-0.4, -0.2) is 22.0 Å². The second kappa shape index (κ2) is 5.49. The van der Waals surface area contributed by atoms with Gasteiger partial charge in [0.2, 0.25) is 17.2 Å². The maximum Gasteiger partial charge on any atom is 0.418 e. The van der Waals surface area contributed by atoms with Gasteiger partial charge in [0.1, 0.15) is 0 Å². The normalized spacial score (nSPS) is 11.2. The van der Waals surface area contributed by atoms with Crippen molar-refractivity contribution in [2.24, 2.45) is 0 Å². The monoisotopic (exact) mass is 303 g/mol. The average molecular weight is 304 g/mol. The Morgan fingerprint density at radius 2 is 1.70 bits per heavy atom. The van der Waals surface area contributed by atoms with Crippen molar-refractivity contribution in [1.82, 2.24) is 15.0 Å². The van der Waals surface area contributed by atoms with Gasteiger partial charge in [-0.3, -0.25) is 0 Å². The topological polar surface area (TPSA) is 62.7 Å². The van der Waals surface area contributed by atoms with Gasteiger partial charge in [-0.2, -0.15) is 28.1 Å². The van der Waals surface area contributed by atoms with Crippen LogP contribution >= 0.6 is 11.6 Å². The molecule has 0 aliphatic carbocycles. The number of nitrogens with zero attached hydrogens (tertiary/aromatic N) is 3. The van der Waals surface area contributed by atoms with E-state index >= 15 is 0 Å². The van der Waals surface area contributed by atoms with Crippen LogP contribution in [0.1, 0.15) is 5.56 Å². The van der Waals surface area contributed by atoms with Crippen LogP contribution in [-0.2, 0) is 6.18 Å². The number of hydrogen-bond donors (Lipinski definition) is 2. The molecule has 2 N–H and O–H groups in total. The fraction of sp³-hybridized carbons (Fsp3) is 0.182. The first kappa shape index (κ1) is 14.3. The molecule has 0 amide bonds. The standard InChI is InChI=1S/C11H9ClF3N5/c1-16-9-18-8(12)19-10(20-9)17-7-5-3-2-4-6(7)11(13,14)15/h2-5H,1H3,(H2,16,17,18,19,20). The second-order valence-corrected chi connectivity index (χ2v) is 4.01. The fourth-order valence-corrected chi connectivity index (χ4v) is 1.64. The smallest absolute Gasteiger partial charge is 0.357 e. The third-order valence-electron chi connectivity index (χ3n) is 2.31. The first-order chi connectivity index (χ1) is 9.40. The van der Waals surface area contributed by atoms with E-state index in [1.165, 1.54) is 18.2 Å². The summed E-state index contributed by atoms with van der Waals surface area (Å²) in [5, 5.41) is 4.99. The molecule has 106 valence electrons. The van der Waals surface area contributed by atoms with Crippen LogP contribution in [0.4, 0.5) is 30.8 Å². The van der Waals surface area contributed by atoms with Crippen molar-refractivity contribution in [2.45, 2.75) is 6.18 Å². The summed E-state index contributed by atoms with van der Waals surface area (Å²) in [6, 6.07) is 5.01. The summed E-state index contributed by atoms with van der Waals surface area (Å²) in [7, 11) is 1.55. The van der Waals surface area contributed by atoms with Gasteiger partial charge in [0.05, 0.1) is 11.3 Å². The average Bonchev–Trinajstić information content (AvgIpc) is 2.37. The molecule has 0 spiro atoms. The number of rotatable bonds is 3. The van der Waals surface area contributed by atoms with E-state index in [9.17, 15) is 13.2 Å². The molecule has 1 aromatic heterocycles. The summed E-state index contributed by atoms with van der Waals surface area (Å²) in [5.41, 5.74) is -0.980.